The number of nitro benzene ring substituents is 3. The molecule has 0 aliphatic rings. The average molecular weight is 2860 g/mol. The predicted molar refractivity (Wildman–Crippen MR) is 592 cm³/mol. The van der Waals surface area contributed by atoms with Gasteiger partial charge in [0.05, 0.1) is 114 Å². The molecular weight excluding hydrogens is 2790 g/mol. The van der Waals surface area contributed by atoms with E-state index in [0.29, 0.717) is 16.2 Å². The van der Waals surface area contributed by atoms with Gasteiger partial charge in [0.15, 0.2) is 0 Å². The van der Waals surface area contributed by atoms with Gasteiger partial charge in [-0.1, -0.05) is 0 Å². The molecule has 8 N–H and O–H groups in total. The quantitative estimate of drug-likeness (QED) is 0.0118. The first-order valence-electron chi connectivity index (χ1n) is 38.0. The SMILES string of the molecule is BrB(Br)Br.COc1ccc2nc(-c3ccc([N+](=O)[O-])cc3)sc2c1.CS(=O)(=O)Cl.CS(=O)(=O)Oc1ccc2nc(-c3ccc(N)c([125I])c3)sc2c1.CS(=O)(=O)Oc1ccc2nc(-c3ccc(N)c([125I])c3)sc2c1.CS(=O)(=O)Oc1ccc2nc(-c3ccc(N)cc3)sc2c1.CS(=O)(=O)Oc1ccc2nc(-c3ccc([N+](=O)[O-])cc3)sc2c1.O=[N+]([O-])c1ccc(-c2nc3ccc(O)cc3s2)cc1.[125I-].[Cl][Sn][Cl].[Na+].[Na+].[OH-]. The summed E-state index contributed by atoms with van der Waals surface area (Å²) >= 11 is 21.6. The number of aromatic hydroxyl groups is 1. The van der Waals surface area contributed by atoms with Crippen molar-refractivity contribution in [2.24, 2.45) is 0 Å². The molecule has 6 aromatic heterocycles. The molecular formula is C84H66BBr3Cl3I3N12Na2O23S11Sn. The van der Waals surface area contributed by atoms with Gasteiger partial charge < -0.3 is 73.2 Å². The number of thiazole rings is 6. The zero-order valence-corrected chi connectivity index (χ0v) is 104. The number of nitro groups is 3. The number of hydrogen-bond acceptors (Lipinski definition) is 38. The van der Waals surface area contributed by atoms with E-state index < -0.39 is 83.2 Å². The molecule has 143 heavy (non-hydrogen) atoms. The summed E-state index contributed by atoms with van der Waals surface area (Å²) < 4.78 is 140. The van der Waals surface area contributed by atoms with Crippen LogP contribution in [0, 0.1) is 37.5 Å². The third-order valence-corrected chi connectivity index (χ3v) is 27.3. The molecule has 18 aromatic rings. The number of non-ortho nitro benzene ring substituents is 3. The fourth-order valence-electron chi connectivity index (χ4n) is 11.3. The molecule has 35 nitrogen and oxygen atoms in total. The van der Waals surface area contributed by atoms with Crippen molar-refractivity contribution < 1.29 is 172 Å². The van der Waals surface area contributed by atoms with Crippen molar-refractivity contribution in [1.29, 1.82) is 0 Å². The first kappa shape index (κ1) is 125. The number of rotatable bonds is 18. The molecule has 12 aromatic carbocycles. The van der Waals surface area contributed by atoms with Crippen molar-refractivity contribution >= 4 is 356 Å². The summed E-state index contributed by atoms with van der Waals surface area (Å²) in [5.74, 6) is 2.08. The molecule has 0 bridgehead atoms. The zero-order valence-electron chi connectivity index (χ0n) is 74.3. The molecule has 0 fully saturated rings. The predicted octanol–water partition coefficient (Wildman–Crippen LogP) is 14.7. The Morgan fingerprint density at radius 3 is 0.776 bits per heavy atom. The van der Waals surface area contributed by atoms with Crippen molar-refractivity contribution in [1.82, 2.24) is 29.9 Å². The van der Waals surface area contributed by atoms with E-state index in [-0.39, 0.29) is 138 Å². The van der Waals surface area contributed by atoms with E-state index in [9.17, 15) is 77.5 Å². The van der Waals surface area contributed by atoms with E-state index in [2.05, 4.69) is 133 Å². The summed E-state index contributed by atoms with van der Waals surface area (Å²) in [6, 6.07) is 68.2. The van der Waals surface area contributed by atoms with Gasteiger partial charge in [-0.25, -0.2) is 38.3 Å². The summed E-state index contributed by atoms with van der Waals surface area (Å²) in [5, 5.41) is 46.2. The maximum atomic E-state index is 11.2. The van der Waals surface area contributed by atoms with Crippen LogP contribution in [0.4, 0.5) is 34.1 Å². The Hall–Kier alpha value is -6.55. The van der Waals surface area contributed by atoms with Gasteiger partial charge in [-0.3, -0.25) is 30.3 Å². The van der Waals surface area contributed by atoms with E-state index in [4.69, 9.17) is 56.5 Å². The van der Waals surface area contributed by atoms with Gasteiger partial charge in [-0.15, -0.1) is 115 Å². The third-order valence-electron chi connectivity index (χ3n) is 17.0. The van der Waals surface area contributed by atoms with Gasteiger partial charge in [-0.05, 0) is 227 Å². The van der Waals surface area contributed by atoms with Crippen LogP contribution in [0.15, 0.2) is 243 Å². The summed E-state index contributed by atoms with van der Waals surface area (Å²) in [6.45, 7) is 0. The van der Waals surface area contributed by atoms with Crippen molar-refractivity contribution in [3.63, 3.8) is 0 Å². The Morgan fingerprint density at radius 1 is 0.364 bits per heavy atom. The number of nitrogen functional groups attached to an aromatic ring is 3. The van der Waals surface area contributed by atoms with Crippen molar-refractivity contribution in [3.8, 4) is 97.9 Å². The smallest absolute Gasteiger partial charge is 0.870 e. The van der Waals surface area contributed by atoms with E-state index in [1.165, 1.54) is 110 Å². The molecule has 6 heterocycles. The number of ether oxygens (including phenoxy) is 1. The van der Waals surface area contributed by atoms with Gasteiger partial charge >= 0.3 is 140 Å². The van der Waals surface area contributed by atoms with Crippen LogP contribution in [0.1, 0.15) is 0 Å². The standard InChI is InChI=1S/2C14H11IN2O3S2.C14H10N2O5S2.C14H12N2O3S2.C14H10N2O3S.C13H8N2O3S.CH3ClO2S.BBr3.2ClH.HI.2Na.H2O.Sn/c2*1-22(18,19)20-9-3-5-12-13(7-9)21-14(17-12)8-2-4-11(16)10(15)6-8;1-23(19,20)21-11-6-7-12-13(8-11)22-14(15-12)9-2-4-10(5-3-9)16(17)18;1-21(17,18)19-11-6-7-12-13(8-11)20-14(16-12)9-2-4-10(15)5-3-9;1-19-11-6-7-12-13(8-11)20-14(15-12)9-2-4-10(5-3-9)16(17)18;16-10-5-6-11-12(7-10)19-13(14-11)8-1-3-9(4-2-8)15(17)18;1-5(2,3)4;2-1(3)4;;;;;;;/h2*2-7H,16H2,1H3;2-8H,1H3;2-8H,15H2,1H3;2-8H,1H3;1-7,16H;1H3;;3*1H;;;1H2;/q;;;;;;;;;;;2*+1;;+2/p-4/i2*15-2;;;;;;;;;1-2;;;;. The van der Waals surface area contributed by atoms with Crippen LogP contribution in [-0.4, -0.2) is 158 Å². The van der Waals surface area contributed by atoms with E-state index in [0.717, 1.165) is 170 Å². The van der Waals surface area contributed by atoms with E-state index >= 15 is 0 Å². The molecule has 738 valence electrons. The number of phenolic OH excluding ortho intramolecular Hbond substituents is 1. The minimum atomic E-state index is -3.58. The number of aromatic nitrogens is 6. The second kappa shape index (κ2) is 56.9. The monoisotopic (exact) mass is 2860 g/mol. The largest absolute Gasteiger partial charge is 1.00 e. The second-order valence-electron chi connectivity index (χ2n) is 27.8. The van der Waals surface area contributed by atoms with Crippen LogP contribution in [0.25, 0.3) is 125 Å². The first-order valence-corrected chi connectivity index (χ1v) is 65.1. The van der Waals surface area contributed by atoms with Gasteiger partial charge in [0, 0.05) is 129 Å². The maximum absolute atomic E-state index is 11.2. The Balaban J connectivity index is 0.000000255. The number of hydrogen-bond donors (Lipinski definition) is 4. The number of halogens is 9. The minimum Gasteiger partial charge on any atom is -0.870 e. The molecule has 0 saturated heterocycles. The molecule has 0 aliphatic heterocycles. The third kappa shape index (κ3) is 40.7. The van der Waals surface area contributed by atoms with Crippen LogP contribution < -0.4 is 122 Å². The number of methoxy groups -OCH3 is 1. The summed E-state index contributed by atoms with van der Waals surface area (Å²) in [5.41, 5.74) is 29.8. The Bertz CT molecular complexity index is 8000. The maximum Gasteiger partial charge on any atom is 1.00 e. The summed E-state index contributed by atoms with van der Waals surface area (Å²) in [4.78, 5) is 57.6. The van der Waals surface area contributed by atoms with Crippen LogP contribution in [0.5, 0.6) is 34.5 Å². The number of phenols is 1. The molecule has 0 aliphatic carbocycles. The Kier molecular flexibility index (Phi) is 49.8. The topological polar surface area (TPSA) is 552 Å². The number of anilines is 3. The van der Waals surface area contributed by atoms with Gasteiger partial charge in [-0.2, -0.15) is 33.7 Å². The van der Waals surface area contributed by atoms with Gasteiger partial charge in [0.25, 0.3) is 17.1 Å². The van der Waals surface area contributed by atoms with Crippen molar-refractivity contribution in [2.75, 3.05) is 55.6 Å². The molecule has 18 rings (SSSR count). The van der Waals surface area contributed by atoms with Crippen LogP contribution in [-0.2, 0) is 49.5 Å². The minimum absolute atomic E-state index is 0. The molecule has 0 spiro atoms. The summed E-state index contributed by atoms with van der Waals surface area (Å²) in [7, 11) is -1.37. The molecule has 59 heteroatoms. The van der Waals surface area contributed by atoms with Crippen LogP contribution >= 0.6 is 189 Å². The van der Waals surface area contributed by atoms with Crippen LogP contribution in [0.2, 0.25) is 0 Å². The average Bonchev–Trinajstić information content (AvgIpc) is 1.71. The Labute approximate surface area is 977 Å². The number of benzene rings is 12. The number of nitrogens with two attached hydrogens (primary N) is 3. The normalized spacial score (nSPS) is 10.8. The fraction of sp³-hybridized carbons (Fsp3) is 0.0714. The number of fused-ring (bicyclic) bond motifs is 6. The molecule has 0 unspecified atom stereocenters. The molecule has 0 amide bonds. The second-order valence-corrected chi connectivity index (χ2v) is 56.3. The summed E-state index contributed by atoms with van der Waals surface area (Å²) in [6.07, 6.45) is 4.96. The van der Waals surface area contributed by atoms with E-state index in [1.54, 1.807) is 128 Å². The first-order chi connectivity index (χ1) is 65.3. The van der Waals surface area contributed by atoms with Crippen molar-refractivity contribution in [2.45, 2.75) is 0 Å². The molecule has 0 saturated carbocycles. The molecule has 2 radical (unpaired) electrons. The molecule has 0 atom stereocenters. The Morgan fingerprint density at radius 2 is 0.559 bits per heavy atom. The van der Waals surface area contributed by atoms with E-state index in [1.807, 2.05) is 78.9 Å². The van der Waals surface area contributed by atoms with Crippen LogP contribution in [0.3, 0.4) is 0 Å². The van der Waals surface area contributed by atoms with Gasteiger partial charge in [0.2, 0.25) is 9.05 Å². The fourth-order valence-corrected chi connectivity index (χ4v) is 20.2. The van der Waals surface area contributed by atoms with Crippen molar-refractivity contribution in [3.05, 3.63) is 280 Å². The zero-order chi connectivity index (χ0) is 102. The van der Waals surface area contributed by atoms with Gasteiger partial charge in [0.1, 0.15) is 64.5 Å². The number of nitrogens with zero attached hydrogens (tertiary/aromatic N) is 9.